The van der Waals surface area contributed by atoms with E-state index in [-0.39, 0.29) is 18.4 Å². The predicted molar refractivity (Wildman–Crippen MR) is 74.6 cm³/mol. The van der Waals surface area contributed by atoms with Gasteiger partial charge in [0.25, 0.3) is 5.91 Å². The van der Waals surface area contributed by atoms with Crippen LogP contribution in [0.4, 0.5) is 0 Å². The molecule has 0 aliphatic heterocycles. The first-order valence-electron chi connectivity index (χ1n) is 6.19. The Bertz CT molecular complexity index is 474. The van der Waals surface area contributed by atoms with Gasteiger partial charge in [0.2, 0.25) is 0 Å². The molecule has 0 fully saturated rings. The number of hydrogen-bond acceptors (Lipinski definition) is 2. The lowest BCUT2D eigenvalue weighted by Crippen LogP contribution is -2.33. The summed E-state index contributed by atoms with van der Waals surface area (Å²) in [7, 11) is 0. The van der Waals surface area contributed by atoms with E-state index in [1.165, 1.54) is 0 Å². The van der Waals surface area contributed by atoms with Crippen LogP contribution in [0.1, 0.15) is 42.1 Å². The van der Waals surface area contributed by atoms with Gasteiger partial charge in [-0.1, -0.05) is 17.7 Å². The highest BCUT2D eigenvalue weighted by molar-refractivity contribution is 6.31. The maximum absolute atomic E-state index is 12.0. The van der Waals surface area contributed by atoms with Crippen molar-refractivity contribution in [2.24, 2.45) is 0 Å². The van der Waals surface area contributed by atoms with Gasteiger partial charge in [-0.2, -0.15) is 0 Å². The molecule has 4 nitrogen and oxygen atoms in total. The molecule has 0 radical (unpaired) electrons. The second-order valence-corrected chi connectivity index (χ2v) is 5.06. The zero-order chi connectivity index (χ0) is 14.4. The van der Waals surface area contributed by atoms with Crippen LogP contribution < -0.4 is 5.32 Å². The highest BCUT2D eigenvalue weighted by atomic mass is 35.5. The summed E-state index contributed by atoms with van der Waals surface area (Å²) < 4.78 is 0. The lowest BCUT2D eigenvalue weighted by atomic mass is 10.1. The molecule has 1 atom stereocenters. The molecule has 0 bridgehead atoms. The Hall–Kier alpha value is -1.55. The van der Waals surface area contributed by atoms with Gasteiger partial charge in [0.1, 0.15) is 0 Å². The van der Waals surface area contributed by atoms with Crippen LogP contribution >= 0.6 is 11.6 Å². The monoisotopic (exact) mass is 283 g/mol. The number of hydrogen-bond donors (Lipinski definition) is 2. The van der Waals surface area contributed by atoms with E-state index >= 15 is 0 Å². The molecule has 1 amide bonds. The fourth-order valence-electron chi connectivity index (χ4n) is 1.77. The number of carboxylic acid groups (broad SMARTS) is 1. The van der Waals surface area contributed by atoms with E-state index in [9.17, 15) is 9.59 Å². The number of nitrogens with one attached hydrogen (secondary N) is 1. The largest absolute Gasteiger partial charge is 0.481 e. The zero-order valence-electron chi connectivity index (χ0n) is 11.1. The molecule has 0 aromatic heterocycles. The second-order valence-electron chi connectivity index (χ2n) is 4.62. The van der Waals surface area contributed by atoms with Crippen molar-refractivity contribution in [3.8, 4) is 0 Å². The summed E-state index contributed by atoms with van der Waals surface area (Å²) in [5, 5.41) is 11.9. The summed E-state index contributed by atoms with van der Waals surface area (Å²) in [5.41, 5.74) is 1.41. The molecule has 19 heavy (non-hydrogen) atoms. The summed E-state index contributed by atoms with van der Waals surface area (Å²) in [6.07, 6.45) is 1.30. The van der Waals surface area contributed by atoms with E-state index in [0.717, 1.165) is 5.56 Å². The second kappa shape index (κ2) is 7.14. The van der Waals surface area contributed by atoms with Gasteiger partial charge in [0.15, 0.2) is 0 Å². The number of aryl methyl sites for hydroxylation is 1. The molecule has 0 saturated carbocycles. The number of benzene rings is 1. The van der Waals surface area contributed by atoms with Crippen LogP contribution in [0.2, 0.25) is 5.02 Å². The highest BCUT2D eigenvalue weighted by Crippen LogP contribution is 2.15. The molecule has 104 valence electrons. The Labute approximate surface area is 117 Å². The van der Waals surface area contributed by atoms with Crippen LogP contribution in [0.5, 0.6) is 0 Å². The molecule has 0 aliphatic rings. The standard InChI is InChI=1S/C14H18ClNO3/c1-9-6-7-11(15)8-12(9)14(19)16-10(2)4-3-5-13(17)18/h6-8,10H,3-5H2,1-2H3,(H,16,19)(H,17,18). The number of rotatable bonds is 6. The maximum Gasteiger partial charge on any atom is 0.303 e. The van der Waals surface area contributed by atoms with Crippen LogP contribution in [0.3, 0.4) is 0 Å². The van der Waals surface area contributed by atoms with E-state index in [1.54, 1.807) is 18.2 Å². The Balaban J connectivity index is 2.54. The molecule has 5 heteroatoms. The molecule has 2 N–H and O–H groups in total. The summed E-state index contributed by atoms with van der Waals surface area (Å²) in [6, 6.07) is 5.11. The van der Waals surface area contributed by atoms with Crippen LogP contribution in [0.15, 0.2) is 18.2 Å². The number of amides is 1. The lowest BCUT2D eigenvalue weighted by molar-refractivity contribution is -0.137. The third-order valence-corrected chi connectivity index (χ3v) is 3.08. The third kappa shape index (κ3) is 5.30. The van der Waals surface area contributed by atoms with Gasteiger partial charge in [-0.25, -0.2) is 0 Å². The molecule has 0 heterocycles. The lowest BCUT2D eigenvalue weighted by Gasteiger charge is -2.14. The number of aliphatic carboxylic acids is 1. The molecule has 0 spiro atoms. The van der Waals surface area contributed by atoms with Crippen molar-refractivity contribution >= 4 is 23.5 Å². The van der Waals surface area contributed by atoms with Crippen LogP contribution in [-0.2, 0) is 4.79 Å². The van der Waals surface area contributed by atoms with E-state index in [0.29, 0.717) is 23.4 Å². The van der Waals surface area contributed by atoms with Crippen molar-refractivity contribution in [1.82, 2.24) is 5.32 Å². The fourth-order valence-corrected chi connectivity index (χ4v) is 1.94. The summed E-state index contributed by atoms with van der Waals surface area (Å²) in [5.74, 6) is -0.993. The third-order valence-electron chi connectivity index (χ3n) is 2.85. The van der Waals surface area contributed by atoms with E-state index in [2.05, 4.69) is 5.32 Å². The van der Waals surface area contributed by atoms with Gasteiger partial charge in [0.05, 0.1) is 0 Å². The minimum absolute atomic E-state index is 0.0646. The van der Waals surface area contributed by atoms with E-state index < -0.39 is 5.97 Å². The maximum atomic E-state index is 12.0. The topological polar surface area (TPSA) is 66.4 Å². The summed E-state index contributed by atoms with van der Waals surface area (Å²) >= 11 is 5.87. The summed E-state index contributed by atoms with van der Waals surface area (Å²) in [4.78, 5) is 22.4. The Morgan fingerprint density at radius 2 is 2.11 bits per heavy atom. The molecular weight excluding hydrogens is 266 g/mol. The Kier molecular flexibility index (Phi) is 5.83. The number of carbonyl (C=O) groups is 2. The predicted octanol–water partition coefficient (Wildman–Crippen LogP) is 3.02. The van der Waals surface area contributed by atoms with Gasteiger partial charge in [0, 0.05) is 23.0 Å². The molecule has 0 saturated heterocycles. The van der Waals surface area contributed by atoms with E-state index in [4.69, 9.17) is 16.7 Å². The first kappa shape index (κ1) is 15.5. The van der Waals surface area contributed by atoms with Crippen molar-refractivity contribution in [1.29, 1.82) is 0 Å². The number of halogens is 1. The van der Waals surface area contributed by atoms with Crippen molar-refractivity contribution in [2.45, 2.75) is 39.2 Å². The van der Waals surface area contributed by atoms with Crippen LogP contribution in [0, 0.1) is 6.92 Å². The SMILES string of the molecule is Cc1ccc(Cl)cc1C(=O)NC(C)CCCC(=O)O. The van der Waals surface area contributed by atoms with Gasteiger partial charge in [-0.15, -0.1) is 0 Å². The van der Waals surface area contributed by atoms with Crippen molar-refractivity contribution in [3.63, 3.8) is 0 Å². The molecule has 1 unspecified atom stereocenters. The van der Waals surface area contributed by atoms with Gasteiger partial charge in [-0.05, 0) is 44.4 Å². The molecule has 1 aromatic carbocycles. The van der Waals surface area contributed by atoms with Gasteiger partial charge >= 0.3 is 5.97 Å². The molecule has 1 rings (SSSR count). The van der Waals surface area contributed by atoms with Crippen molar-refractivity contribution in [3.05, 3.63) is 34.3 Å². The van der Waals surface area contributed by atoms with Crippen LogP contribution in [0.25, 0.3) is 0 Å². The Morgan fingerprint density at radius 3 is 2.74 bits per heavy atom. The average molecular weight is 284 g/mol. The smallest absolute Gasteiger partial charge is 0.303 e. The first-order chi connectivity index (χ1) is 8.90. The fraction of sp³-hybridized carbons (Fsp3) is 0.429. The zero-order valence-corrected chi connectivity index (χ0v) is 11.8. The quantitative estimate of drug-likeness (QED) is 0.843. The minimum Gasteiger partial charge on any atom is -0.481 e. The number of carbonyl (C=O) groups excluding carboxylic acids is 1. The van der Waals surface area contributed by atoms with Gasteiger partial charge < -0.3 is 10.4 Å². The van der Waals surface area contributed by atoms with Crippen LogP contribution in [-0.4, -0.2) is 23.0 Å². The van der Waals surface area contributed by atoms with Crippen molar-refractivity contribution in [2.75, 3.05) is 0 Å². The van der Waals surface area contributed by atoms with Gasteiger partial charge in [-0.3, -0.25) is 9.59 Å². The average Bonchev–Trinajstić information content (AvgIpc) is 2.31. The first-order valence-corrected chi connectivity index (χ1v) is 6.56. The normalized spacial score (nSPS) is 11.9. The molecule has 1 aromatic rings. The summed E-state index contributed by atoms with van der Waals surface area (Å²) in [6.45, 7) is 3.71. The Morgan fingerprint density at radius 1 is 1.42 bits per heavy atom. The minimum atomic E-state index is -0.816. The van der Waals surface area contributed by atoms with Crippen molar-refractivity contribution < 1.29 is 14.7 Å². The molecule has 0 aliphatic carbocycles. The van der Waals surface area contributed by atoms with E-state index in [1.807, 2.05) is 13.8 Å². The molecular formula is C14H18ClNO3. The highest BCUT2D eigenvalue weighted by Gasteiger charge is 2.12. The number of carboxylic acids is 1.